The number of rotatable bonds is 10. The molecular formula is C28H27NO5. The first-order chi connectivity index (χ1) is 16.5. The van der Waals surface area contributed by atoms with E-state index in [0.29, 0.717) is 16.7 Å². The quantitative estimate of drug-likeness (QED) is 0.272. The molecule has 0 radical (unpaired) electrons. The highest BCUT2D eigenvalue weighted by Gasteiger charge is 2.44. The average Bonchev–Trinajstić information content (AvgIpc) is 2.86. The molecule has 0 saturated carbocycles. The second-order valence-corrected chi connectivity index (χ2v) is 7.60. The van der Waals surface area contributed by atoms with Gasteiger partial charge in [-0.2, -0.15) is 0 Å². The molecule has 3 aromatic carbocycles. The van der Waals surface area contributed by atoms with E-state index in [2.05, 4.69) is 5.32 Å². The number of carbonyl (C=O) groups is 3. The number of amides is 1. The maximum absolute atomic E-state index is 14.1. The molecule has 0 aliphatic heterocycles. The van der Waals surface area contributed by atoms with Gasteiger partial charge in [-0.1, -0.05) is 97.1 Å². The maximum atomic E-state index is 14.1. The Kier molecular flexibility index (Phi) is 8.35. The molecule has 0 aliphatic carbocycles. The van der Waals surface area contributed by atoms with Gasteiger partial charge in [0, 0.05) is 6.08 Å². The van der Waals surface area contributed by atoms with Crippen molar-refractivity contribution in [1.82, 2.24) is 5.32 Å². The summed E-state index contributed by atoms with van der Waals surface area (Å²) in [7, 11) is 0. The van der Waals surface area contributed by atoms with E-state index in [-0.39, 0.29) is 13.0 Å². The minimum Gasteiger partial charge on any atom is -0.480 e. The van der Waals surface area contributed by atoms with Gasteiger partial charge in [0.1, 0.15) is 11.5 Å². The summed E-state index contributed by atoms with van der Waals surface area (Å²) >= 11 is 0. The number of nitrogens with one attached hydrogen (secondary N) is 1. The number of benzene rings is 3. The molecule has 3 rings (SSSR count). The normalized spacial score (nSPS) is 12.1. The molecule has 1 atom stereocenters. The predicted octanol–water partition coefficient (Wildman–Crippen LogP) is 4.10. The number of esters is 1. The third-order valence-electron chi connectivity index (χ3n) is 5.48. The summed E-state index contributed by atoms with van der Waals surface area (Å²) in [5.41, 5.74) is 0.825. The number of carboxylic acids is 1. The lowest BCUT2D eigenvalue weighted by Crippen LogP contribution is -2.51. The van der Waals surface area contributed by atoms with Crippen LogP contribution in [0.5, 0.6) is 0 Å². The molecule has 1 amide bonds. The summed E-state index contributed by atoms with van der Waals surface area (Å²) in [6.45, 7) is 1.90. The van der Waals surface area contributed by atoms with Crippen molar-refractivity contribution in [1.29, 1.82) is 0 Å². The van der Waals surface area contributed by atoms with E-state index in [1.54, 1.807) is 6.92 Å². The van der Waals surface area contributed by atoms with Crippen LogP contribution in [-0.4, -0.2) is 35.6 Å². The zero-order chi connectivity index (χ0) is 24.4. The minimum absolute atomic E-state index is 0.0751. The molecule has 0 aromatic heterocycles. The van der Waals surface area contributed by atoms with Gasteiger partial charge >= 0.3 is 11.9 Å². The van der Waals surface area contributed by atoms with Crippen LogP contribution in [0.25, 0.3) is 0 Å². The van der Waals surface area contributed by atoms with E-state index in [0.717, 1.165) is 0 Å². The van der Waals surface area contributed by atoms with Crippen LogP contribution in [0.3, 0.4) is 0 Å². The summed E-state index contributed by atoms with van der Waals surface area (Å²) in [5, 5.41) is 12.5. The van der Waals surface area contributed by atoms with E-state index in [1.807, 2.05) is 91.0 Å². The van der Waals surface area contributed by atoms with Crippen molar-refractivity contribution in [3.63, 3.8) is 0 Å². The molecule has 0 heterocycles. The zero-order valence-corrected chi connectivity index (χ0v) is 18.9. The van der Waals surface area contributed by atoms with Gasteiger partial charge in [0.25, 0.3) is 0 Å². The van der Waals surface area contributed by atoms with E-state index in [4.69, 9.17) is 4.74 Å². The standard InChI is InChI=1S/C28H27NO5/c1-2-34-25(30)20-12-19-24(26(31)32)29-27(33)28(21-13-6-3-7-14-21,22-15-8-4-9-16-22)23-17-10-5-11-18-23/h3-18,20,24H,2,19H2,1H3,(H,29,33)(H,31,32)/b20-12+/t24-/m0/s1. The molecule has 6 nitrogen and oxygen atoms in total. The topological polar surface area (TPSA) is 92.7 Å². The lowest BCUT2D eigenvalue weighted by Gasteiger charge is -2.35. The third kappa shape index (κ3) is 5.41. The lowest BCUT2D eigenvalue weighted by molar-refractivity contribution is -0.142. The number of hydrogen-bond donors (Lipinski definition) is 2. The van der Waals surface area contributed by atoms with Crippen molar-refractivity contribution < 1.29 is 24.2 Å². The van der Waals surface area contributed by atoms with Crippen molar-refractivity contribution in [2.24, 2.45) is 0 Å². The van der Waals surface area contributed by atoms with Gasteiger partial charge in [-0.25, -0.2) is 9.59 Å². The fraction of sp³-hybridized carbons (Fsp3) is 0.179. The van der Waals surface area contributed by atoms with Crippen LogP contribution in [0.4, 0.5) is 0 Å². The molecule has 0 fully saturated rings. The average molecular weight is 458 g/mol. The molecule has 2 N–H and O–H groups in total. The SMILES string of the molecule is CCOC(=O)/C=C/C[C@H](NC(=O)C(c1ccccc1)(c1ccccc1)c1ccccc1)C(=O)O. The molecule has 3 aromatic rings. The van der Waals surface area contributed by atoms with E-state index in [1.165, 1.54) is 12.2 Å². The van der Waals surface area contributed by atoms with Gasteiger partial charge in [0.2, 0.25) is 5.91 Å². The lowest BCUT2D eigenvalue weighted by atomic mass is 9.68. The van der Waals surface area contributed by atoms with Crippen molar-refractivity contribution >= 4 is 17.8 Å². The van der Waals surface area contributed by atoms with Crippen molar-refractivity contribution in [3.8, 4) is 0 Å². The molecule has 34 heavy (non-hydrogen) atoms. The van der Waals surface area contributed by atoms with Crippen molar-refractivity contribution in [2.75, 3.05) is 6.61 Å². The Morgan fingerprint density at radius 1 is 0.853 bits per heavy atom. The third-order valence-corrected chi connectivity index (χ3v) is 5.48. The van der Waals surface area contributed by atoms with Gasteiger partial charge in [0.05, 0.1) is 6.61 Å². The highest BCUT2D eigenvalue weighted by atomic mass is 16.5. The van der Waals surface area contributed by atoms with Gasteiger partial charge in [-0.15, -0.1) is 0 Å². The van der Waals surface area contributed by atoms with Crippen molar-refractivity contribution in [3.05, 3.63) is 120 Å². The second kappa shape index (κ2) is 11.6. The summed E-state index contributed by atoms with van der Waals surface area (Å²) < 4.78 is 4.83. The fourth-order valence-electron chi connectivity index (χ4n) is 3.94. The van der Waals surface area contributed by atoms with Gasteiger partial charge < -0.3 is 15.2 Å². The van der Waals surface area contributed by atoms with Crippen molar-refractivity contribution in [2.45, 2.75) is 24.8 Å². The predicted molar refractivity (Wildman–Crippen MR) is 129 cm³/mol. The first-order valence-corrected chi connectivity index (χ1v) is 11.0. The molecule has 0 spiro atoms. The van der Waals surface area contributed by atoms with Gasteiger partial charge in [-0.3, -0.25) is 4.79 Å². The zero-order valence-electron chi connectivity index (χ0n) is 18.9. The molecule has 0 bridgehead atoms. The van der Waals surface area contributed by atoms with E-state index >= 15 is 0 Å². The highest BCUT2D eigenvalue weighted by Crippen LogP contribution is 2.39. The Morgan fingerprint density at radius 3 is 1.68 bits per heavy atom. The highest BCUT2D eigenvalue weighted by molar-refractivity contribution is 5.98. The van der Waals surface area contributed by atoms with Crippen LogP contribution >= 0.6 is 0 Å². The first-order valence-electron chi connectivity index (χ1n) is 11.0. The number of carboxylic acid groups (broad SMARTS) is 1. The largest absolute Gasteiger partial charge is 0.480 e. The smallest absolute Gasteiger partial charge is 0.330 e. The Balaban J connectivity index is 2.08. The molecule has 174 valence electrons. The molecule has 0 saturated heterocycles. The Morgan fingerprint density at radius 2 is 1.29 bits per heavy atom. The van der Waals surface area contributed by atoms with Gasteiger partial charge in [0.15, 0.2) is 0 Å². The number of carbonyl (C=O) groups excluding carboxylic acids is 2. The monoisotopic (exact) mass is 457 g/mol. The Bertz CT molecular complexity index is 1030. The van der Waals surface area contributed by atoms with Crippen LogP contribution in [0.1, 0.15) is 30.0 Å². The Labute approximate surface area is 198 Å². The number of ether oxygens (including phenoxy) is 1. The molecular weight excluding hydrogens is 430 g/mol. The number of hydrogen-bond acceptors (Lipinski definition) is 4. The molecule has 0 aliphatic rings. The second-order valence-electron chi connectivity index (χ2n) is 7.60. The first kappa shape index (κ1) is 24.5. The van der Waals surface area contributed by atoms with Crippen LogP contribution < -0.4 is 5.32 Å². The molecule has 0 unspecified atom stereocenters. The number of aliphatic carboxylic acids is 1. The van der Waals surface area contributed by atoms with Gasteiger partial charge in [-0.05, 0) is 30.0 Å². The summed E-state index contributed by atoms with van der Waals surface area (Å²) in [4.78, 5) is 37.7. The summed E-state index contributed by atoms with van der Waals surface area (Å²) in [6.07, 6.45) is 2.49. The maximum Gasteiger partial charge on any atom is 0.330 e. The van der Waals surface area contributed by atoms with Crippen LogP contribution in [-0.2, 0) is 24.5 Å². The van der Waals surface area contributed by atoms with Crippen LogP contribution in [0.15, 0.2) is 103 Å². The summed E-state index contributed by atoms with van der Waals surface area (Å²) in [6, 6.07) is 26.6. The van der Waals surface area contributed by atoms with E-state index < -0.39 is 29.3 Å². The van der Waals surface area contributed by atoms with Crippen LogP contribution in [0, 0.1) is 0 Å². The van der Waals surface area contributed by atoms with Crippen LogP contribution in [0.2, 0.25) is 0 Å². The minimum atomic E-state index is -1.29. The summed E-state index contributed by atoms with van der Waals surface area (Å²) in [5.74, 6) is -2.25. The molecule has 6 heteroatoms. The van der Waals surface area contributed by atoms with E-state index in [9.17, 15) is 19.5 Å². The fourth-order valence-corrected chi connectivity index (χ4v) is 3.94. The Hall–Kier alpha value is -4.19.